The molecule has 1 aliphatic rings. The van der Waals surface area contributed by atoms with Crippen molar-refractivity contribution in [1.29, 1.82) is 0 Å². The van der Waals surface area contributed by atoms with Crippen molar-refractivity contribution in [1.82, 2.24) is 9.88 Å². The Morgan fingerprint density at radius 1 is 1.44 bits per heavy atom. The van der Waals surface area contributed by atoms with Crippen LogP contribution < -0.4 is 11.1 Å². The van der Waals surface area contributed by atoms with Crippen LogP contribution in [0, 0.1) is 5.92 Å². The van der Waals surface area contributed by atoms with E-state index in [1.54, 1.807) is 4.90 Å². The molecule has 1 aromatic heterocycles. The Kier molecular flexibility index (Phi) is 10.7. The van der Waals surface area contributed by atoms with E-state index in [-0.39, 0.29) is 60.6 Å². The molecule has 27 heavy (non-hydrogen) atoms. The summed E-state index contributed by atoms with van der Waals surface area (Å²) < 4.78 is 37.7. The fourth-order valence-corrected chi connectivity index (χ4v) is 3.19. The molecule has 156 valence electrons. The second kappa shape index (κ2) is 11.1. The number of nitrogens with zero attached hydrogens (tertiary/aromatic N) is 2. The first-order valence-corrected chi connectivity index (χ1v) is 8.56. The summed E-state index contributed by atoms with van der Waals surface area (Å²) in [5.74, 6) is 0.647. The summed E-state index contributed by atoms with van der Waals surface area (Å²) in [6, 6.07) is 0.860. The molecule has 2 unspecified atom stereocenters. The lowest BCUT2D eigenvalue weighted by Gasteiger charge is -2.38. The van der Waals surface area contributed by atoms with Crippen LogP contribution in [0.25, 0.3) is 0 Å². The first-order chi connectivity index (χ1) is 11.7. The number of carbonyl (C=O) groups excluding carboxylic acids is 1. The van der Waals surface area contributed by atoms with Crippen LogP contribution in [0.4, 0.5) is 19.0 Å². The van der Waals surface area contributed by atoms with Gasteiger partial charge < -0.3 is 16.0 Å². The fraction of sp³-hybridized carbons (Fsp3) is 0.625. The lowest BCUT2D eigenvalue weighted by molar-refractivity contribution is -0.138. The monoisotopic (exact) mass is 450 g/mol. The van der Waals surface area contributed by atoms with Gasteiger partial charge in [-0.1, -0.05) is 18.5 Å². The Bertz CT molecular complexity index is 619. The molecule has 0 aliphatic carbocycles. The van der Waals surface area contributed by atoms with Gasteiger partial charge in [-0.25, -0.2) is 4.98 Å². The number of pyridine rings is 1. The molecular weight excluding hydrogens is 428 g/mol. The maximum absolute atomic E-state index is 12.6. The molecule has 0 saturated carbocycles. The first-order valence-electron chi connectivity index (χ1n) is 8.18. The molecule has 1 amide bonds. The van der Waals surface area contributed by atoms with E-state index < -0.39 is 11.7 Å². The Morgan fingerprint density at radius 3 is 2.67 bits per heavy atom. The summed E-state index contributed by atoms with van der Waals surface area (Å²) in [5.41, 5.74) is 4.84. The number of carbonyl (C=O) groups is 1. The van der Waals surface area contributed by atoms with Crippen molar-refractivity contribution in [2.75, 3.05) is 25.0 Å². The fourth-order valence-electron chi connectivity index (χ4n) is 2.96. The number of alkyl halides is 3. The van der Waals surface area contributed by atoms with Crippen LogP contribution in [-0.4, -0.2) is 41.5 Å². The summed E-state index contributed by atoms with van der Waals surface area (Å²) in [4.78, 5) is 17.8. The second-order valence-electron chi connectivity index (χ2n) is 6.34. The van der Waals surface area contributed by atoms with Gasteiger partial charge in [-0.2, -0.15) is 13.2 Å². The molecule has 0 aromatic carbocycles. The molecule has 0 spiro atoms. The zero-order valence-electron chi connectivity index (χ0n) is 14.8. The van der Waals surface area contributed by atoms with Crippen LogP contribution >= 0.6 is 36.4 Å². The number of amides is 1. The number of piperidine rings is 1. The van der Waals surface area contributed by atoms with Crippen LogP contribution in [0.5, 0.6) is 0 Å². The van der Waals surface area contributed by atoms with Gasteiger partial charge in [0, 0.05) is 38.3 Å². The van der Waals surface area contributed by atoms with Gasteiger partial charge in [-0.15, -0.1) is 24.8 Å². The van der Waals surface area contributed by atoms with Crippen LogP contribution in [0.2, 0.25) is 5.02 Å². The molecule has 0 bridgehead atoms. The Morgan fingerprint density at radius 2 is 2.11 bits per heavy atom. The molecule has 1 fully saturated rings. The van der Waals surface area contributed by atoms with Crippen LogP contribution in [0.15, 0.2) is 12.3 Å². The molecule has 1 saturated heterocycles. The van der Waals surface area contributed by atoms with E-state index >= 15 is 0 Å². The Labute approximate surface area is 174 Å². The Hall–Kier alpha value is -0.960. The van der Waals surface area contributed by atoms with Crippen molar-refractivity contribution in [3.63, 3.8) is 0 Å². The minimum atomic E-state index is -4.49. The number of likely N-dealkylation sites (tertiary alicyclic amines) is 1. The second-order valence-corrected chi connectivity index (χ2v) is 6.74. The summed E-state index contributed by atoms with van der Waals surface area (Å²) in [6.45, 7) is 3.49. The number of nitrogens with two attached hydrogens (primary N) is 1. The van der Waals surface area contributed by atoms with Crippen molar-refractivity contribution >= 4 is 48.1 Å². The highest BCUT2D eigenvalue weighted by Gasteiger charge is 2.32. The normalized spacial score (nSPS) is 19.7. The number of hydrogen-bond donors (Lipinski definition) is 2. The SMILES string of the molecule is CC1CCN(C(=O)CCNc2ncc(C(F)(F)F)cc2Cl)C(CN)C1.Cl.Cl. The van der Waals surface area contributed by atoms with Crippen molar-refractivity contribution in [2.24, 2.45) is 11.7 Å². The highest BCUT2D eigenvalue weighted by atomic mass is 35.5. The van der Waals surface area contributed by atoms with E-state index in [1.165, 1.54) is 0 Å². The van der Waals surface area contributed by atoms with E-state index in [2.05, 4.69) is 17.2 Å². The highest BCUT2D eigenvalue weighted by Crippen LogP contribution is 2.32. The zero-order chi connectivity index (χ0) is 18.6. The minimum Gasteiger partial charge on any atom is -0.368 e. The van der Waals surface area contributed by atoms with Crippen molar-refractivity contribution < 1.29 is 18.0 Å². The smallest absolute Gasteiger partial charge is 0.368 e. The molecule has 2 rings (SSSR count). The number of hydrogen-bond acceptors (Lipinski definition) is 4. The third kappa shape index (κ3) is 7.18. The molecule has 1 aliphatic heterocycles. The lowest BCUT2D eigenvalue weighted by Crippen LogP contribution is -2.49. The quantitative estimate of drug-likeness (QED) is 0.710. The van der Waals surface area contributed by atoms with Gasteiger partial charge in [-0.3, -0.25) is 4.79 Å². The maximum Gasteiger partial charge on any atom is 0.417 e. The largest absolute Gasteiger partial charge is 0.417 e. The van der Waals surface area contributed by atoms with E-state index in [0.29, 0.717) is 25.2 Å². The van der Waals surface area contributed by atoms with Crippen molar-refractivity contribution in [3.8, 4) is 0 Å². The minimum absolute atomic E-state index is 0. The van der Waals surface area contributed by atoms with Gasteiger partial charge >= 0.3 is 6.18 Å². The van der Waals surface area contributed by atoms with E-state index in [0.717, 1.165) is 18.9 Å². The predicted molar refractivity (Wildman–Crippen MR) is 105 cm³/mol. The number of halogens is 6. The standard InChI is InChI=1S/C16H22ClF3N4O.2ClH/c1-10-3-5-24(12(6-10)8-21)14(25)2-4-22-15-13(17)7-11(9-23-15)16(18,19)20;;/h7,9-10,12H,2-6,8,21H2,1H3,(H,22,23);2*1H. The van der Waals surface area contributed by atoms with Gasteiger partial charge in [-0.05, 0) is 24.8 Å². The topological polar surface area (TPSA) is 71.2 Å². The molecule has 11 heteroatoms. The van der Waals surface area contributed by atoms with E-state index in [1.807, 2.05) is 0 Å². The van der Waals surface area contributed by atoms with E-state index in [4.69, 9.17) is 17.3 Å². The first kappa shape index (κ1) is 26.0. The molecule has 0 radical (unpaired) electrons. The van der Waals surface area contributed by atoms with Gasteiger partial charge in [0.25, 0.3) is 0 Å². The average molecular weight is 452 g/mol. The molecule has 2 heterocycles. The molecule has 5 nitrogen and oxygen atoms in total. The van der Waals surface area contributed by atoms with Gasteiger partial charge in [0.05, 0.1) is 10.6 Å². The van der Waals surface area contributed by atoms with Crippen LogP contribution in [0.3, 0.4) is 0 Å². The summed E-state index contributed by atoms with van der Waals surface area (Å²) in [6.07, 6.45) is -1.74. The summed E-state index contributed by atoms with van der Waals surface area (Å²) in [7, 11) is 0. The molecular formula is C16H24Cl3F3N4O. The molecule has 1 aromatic rings. The number of anilines is 1. The highest BCUT2D eigenvalue weighted by molar-refractivity contribution is 6.32. The van der Waals surface area contributed by atoms with Crippen LogP contribution in [-0.2, 0) is 11.0 Å². The van der Waals surface area contributed by atoms with Crippen LogP contribution in [0.1, 0.15) is 31.7 Å². The van der Waals surface area contributed by atoms with Crippen molar-refractivity contribution in [2.45, 2.75) is 38.4 Å². The Balaban J connectivity index is 0.00000338. The van der Waals surface area contributed by atoms with E-state index in [9.17, 15) is 18.0 Å². The zero-order valence-corrected chi connectivity index (χ0v) is 17.1. The number of nitrogens with one attached hydrogen (secondary N) is 1. The number of rotatable bonds is 5. The predicted octanol–water partition coefficient (Wildman–Crippen LogP) is 3.99. The van der Waals surface area contributed by atoms with Gasteiger partial charge in [0.2, 0.25) is 5.91 Å². The third-order valence-electron chi connectivity index (χ3n) is 4.37. The average Bonchev–Trinajstić information content (AvgIpc) is 2.55. The molecule has 3 N–H and O–H groups in total. The third-order valence-corrected chi connectivity index (χ3v) is 4.66. The van der Waals surface area contributed by atoms with Gasteiger partial charge in [0.15, 0.2) is 0 Å². The summed E-state index contributed by atoms with van der Waals surface area (Å²) >= 11 is 5.82. The maximum atomic E-state index is 12.6. The number of aromatic nitrogens is 1. The lowest BCUT2D eigenvalue weighted by atomic mass is 9.92. The van der Waals surface area contributed by atoms with Crippen molar-refractivity contribution in [3.05, 3.63) is 22.8 Å². The molecule has 2 atom stereocenters. The summed E-state index contributed by atoms with van der Waals surface area (Å²) in [5, 5.41) is 2.68. The van der Waals surface area contributed by atoms with Gasteiger partial charge in [0.1, 0.15) is 5.82 Å².